The van der Waals surface area contributed by atoms with Gasteiger partial charge in [0.2, 0.25) is 0 Å². The number of pyridine rings is 1. The highest BCUT2D eigenvalue weighted by molar-refractivity contribution is 5.94. The third-order valence-electron chi connectivity index (χ3n) is 5.16. The fraction of sp³-hybridized carbons (Fsp3) is 0.429. The van der Waals surface area contributed by atoms with Crippen LogP contribution in [0.2, 0.25) is 0 Å². The van der Waals surface area contributed by atoms with E-state index >= 15 is 0 Å². The molecule has 2 aliphatic heterocycles. The number of rotatable bonds is 5. The Bertz CT molecular complexity index is 804. The Balaban J connectivity index is 1.24. The fourth-order valence-corrected chi connectivity index (χ4v) is 3.40. The van der Waals surface area contributed by atoms with Crippen molar-refractivity contribution in [1.82, 2.24) is 15.2 Å². The summed E-state index contributed by atoms with van der Waals surface area (Å²) in [5.41, 5.74) is 0.573. The third kappa shape index (κ3) is 4.36. The number of fused-ring (bicyclic) bond motifs is 1. The summed E-state index contributed by atoms with van der Waals surface area (Å²) in [4.78, 5) is 21.4. The molecule has 1 amide bonds. The number of carbonyl (C=O) groups excluding carboxylic acids is 1. The standard InChI is InChI=1S/C21H26N4O3/c1-24-10-12-25(13-11-24)20-7-6-16(14-23-20)21(26)22-9-8-17-15-27-18-4-2-3-5-19(18)28-17/h2-7,14,17H,8-13,15H2,1H3,(H,22,26)/t17-/m1/s1. The molecule has 1 N–H and O–H groups in total. The molecule has 1 aromatic carbocycles. The van der Waals surface area contributed by atoms with Crippen LogP contribution in [0.3, 0.4) is 0 Å². The van der Waals surface area contributed by atoms with Crippen molar-refractivity contribution in [2.75, 3.05) is 51.3 Å². The quantitative estimate of drug-likeness (QED) is 0.851. The van der Waals surface area contributed by atoms with E-state index in [9.17, 15) is 4.79 Å². The van der Waals surface area contributed by atoms with Crippen molar-refractivity contribution >= 4 is 11.7 Å². The van der Waals surface area contributed by atoms with Crippen LogP contribution in [0.1, 0.15) is 16.8 Å². The van der Waals surface area contributed by atoms with Crippen LogP contribution in [0.4, 0.5) is 5.82 Å². The molecule has 0 aliphatic carbocycles. The number of hydrogen-bond acceptors (Lipinski definition) is 6. The monoisotopic (exact) mass is 382 g/mol. The van der Waals surface area contributed by atoms with Crippen LogP contribution in [0.15, 0.2) is 42.6 Å². The number of piperazine rings is 1. The van der Waals surface area contributed by atoms with Gasteiger partial charge in [-0.05, 0) is 31.3 Å². The van der Waals surface area contributed by atoms with Crippen LogP contribution in [0.25, 0.3) is 0 Å². The molecule has 0 unspecified atom stereocenters. The second-order valence-corrected chi connectivity index (χ2v) is 7.24. The van der Waals surface area contributed by atoms with Gasteiger partial charge in [-0.1, -0.05) is 12.1 Å². The van der Waals surface area contributed by atoms with Gasteiger partial charge in [0, 0.05) is 45.3 Å². The average molecular weight is 382 g/mol. The van der Waals surface area contributed by atoms with E-state index in [-0.39, 0.29) is 12.0 Å². The minimum absolute atomic E-state index is 0.0621. The highest BCUT2D eigenvalue weighted by Gasteiger charge is 2.20. The Kier molecular flexibility index (Phi) is 5.62. The zero-order valence-corrected chi connectivity index (χ0v) is 16.1. The zero-order valence-electron chi connectivity index (χ0n) is 16.1. The second kappa shape index (κ2) is 8.48. The van der Waals surface area contributed by atoms with Crippen LogP contribution in [0, 0.1) is 0 Å². The second-order valence-electron chi connectivity index (χ2n) is 7.24. The van der Waals surface area contributed by atoms with E-state index in [0.29, 0.717) is 25.1 Å². The topological polar surface area (TPSA) is 66.9 Å². The number of anilines is 1. The minimum Gasteiger partial charge on any atom is -0.486 e. The first kappa shape index (κ1) is 18.6. The summed E-state index contributed by atoms with van der Waals surface area (Å²) in [6.07, 6.45) is 2.28. The van der Waals surface area contributed by atoms with Crippen molar-refractivity contribution in [3.63, 3.8) is 0 Å². The summed E-state index contributed by atoms with van der Waals surface area (Å²) in [5, 5.41) is 2.94. The number of ether oxygens (including phenoxy) is 2. The number of nitrogens with one attached hydrogen (secondary N) is 1. The molecule has 2 aromatic rings. The molecule has 1 aromatic heterocycles. The van der Waals surface area contributed by atoms with Gasteiger partial charge in [-0.3, -0.25) is 4.79 Å². The lowest BCUT2D eigenvalue weighted by molar-refractivity contribution is 0.0812. The Morgan fingerprint density at radius 1 is 1.14 bits per heavy atom. The molecule has 28 heavy (non-hydrogen) atoms. The van der Waals surface area contributed by atoms with Gasteiger partial charge in [0.15, 0.2) is 11.5 Å². The van der Waals surface area contributed by atoms with E-state index < -0.39 is 0 Å². The molecule has 4 rings (SSSR count). The maximum Gasteiger partial charge on any atom is 0.252 e. The van der Waals surface area contributed by atoms with Gasteiger partial charge in [0.05, 0.1) is 5.56 Å². The van der Waals surface area contributed by atoms with Crippen molar-refractivity contribution in [2.24, 2.45) is 0 Å². The average Bonchev–Trinajstić information content (AvgIpc) is 2.74. The normalized spacial score (nSPS) is 19.3. The van der Waals surface area contributed by atoms with Crippen LogP contribution in [-0.2, 0) is 0 Å². The Hall–Kier alpha value is -2.80. The van der Waals surface area contributed by atoms with Crippen molar-refractivity contribution in [3.05, 3.63) is 48.2 Å². The molecule has 0 saturated carbocycles. The molecule has 0 radical (unpaired) electrons. The van der Waals surface area contributed by atoms with Crippen LogP contribution >= 0.6 is 0 Å². The Morgan fingerprint density at radius 3 is 2.68 bits per heavy atom. The number of hydrogen-bond donors (Lipinski definition) is 1. The maximum absolute atomic E-state index is 12.4. The van der Waals surface area contributed by atoms with Crippen molar-refractivity contribution < 1.29 is 14.3 Å². The molecule has 1 fully saturated rings. The maximum atomic E-state index is 12.4. The van der Waals surface area contributed by atoms with E-state index in [2.05, 4.69) is 27.1 Å². The number of amides is 1. The summed E-state index contributed by atoms with van der Waals surface area (Å²) in [5.74, 6) is 2.34. The molecule has 1 atom stereocenters. The van der Waals surface area contributed by atoms with Gasteiger partial charge in [0.1, 0.15) is 18.5 Å². The lowest BCUT2D eigenvalue weighted by Crippen LogP contribution is -2.44. The highest BCUT2D eigenvalue weighted by Crippen LogP contribution is 2.31. The van der Waals surface area contributed by atoms with Gasteiger partial charge in [-0.2, -0.15) is 0 Å². The molecule has 3 heterocycles. The number of benzene rings is 1. The molecular formula is C21H26N4O3. The third-order valence-corrected chi connectivity index (χ3v) is 5.16. The van der Waals surface area contributed by atoms with Crippen molar-refractivity contribution in [2.45, 2.75) is 12.5 Å². The highest BCUT2D eigenvalue weighted by atomic mass is 16.6. The fourth-order valence-electron chi connectivity index (χ4n) is 3.40. The minimum atomic E-state index is -0.116. The van der Waals surface area contributed by atoms with E-state index in [1.165, 1.54) is 0 Å². The summed E-state index contributed by atoms with van der Waals surface area (Å²) in [6, 6.07) is 11.4. The lowest BCUT2D eigenvalue weighted by Gasteiger charge is -2.33. The van der Waals surface area contributed by atoms with Crippen LogP contribution in [-0.4, -0.2) is 68.3 Å². The molecule has 7 heteroatoms. The van der Waals surface area contributed by atoms with Gasteiger partial charge in [0.25, 0.3) is 5.91 Å². The van der Waals surface area contributed by atoms with E-state index in [0.717, 1.165) is 43.5 Å². The van der Waals surface area contributed by atoms with Gasteiger partial charge < -0.3 is 24.6 Å². The number of para-hydroxylation sites is 2. The van der Waals surface area contributed by atoms with Gasteiger partial charge >= 0.3 is 0 Å². The first-order valence-electron chi connectivity index (χ1n) is 9.75. The largest absolute Gasteiger partial charge is 0.486 e. The summed E-state index contributed by atoms with van der Waals surface area (Å²) in [6.45, 7) is 5.00. The SMILES string of the molecule is CN1CCN(c2ccc(C(=O)NCC[C@@H]3COc4ccccc4O3)cn2)CC1. The lowest BCUT2D eigenvalue weighted by atomic mass is 10.2. The number of aromatic nitrogens is 1. The molecule has 148 valence electrons. The summed E-state index contributed by atoms with van der Waals surface area (Å²) >= 11 is 0. The smallest absolute Gasteiger partial charge is 0.252 e. The molecule has 7 nitrogen and oxygen atoms in total. The summed E-state index contributed by atoms with van der Waals surface area (Å²) < 4.78 is 11.6. The van der Waals surface area contributed by atoms with Crippen molar-refractivity contribution in [3.8, 4) is 11.5 Å². The summed E-state index contributed by atoms with van der Waals surface area (Å²) in [7, 11) is 2.13. The van der Waals surface area contributed by atoms with E-state index in [4.69, 9.17) is 9.47 Å². The predicted molar refractivity (Wildman–Crippen MR) is 107 cm³/mol. The molecule has 2 aliphatic rings. The Morgan fingerprint density at radius 2 is 1.93 bits per heavy atom. The molecule has 0 spiro atoms. The van der Waals surface area contributed by atoms with Gasteiger partial charge in [-0.25, -0.2) is 4.98 Å². The first-order chi connectivity index (χ1) is 13.7. The van der Waals surface area contributed by atoms with Crippen molar-refractivity contribution in [1.29, 1.82) is 0 Å². The van der Waals surface area contributed by atoms with Gasteiger partial charge in [-0.15, -0.1) is 0 Å². The molecular weight excluding hydrogens is 356 g/mol. The van der Waals surface area contributed by atoms with E-state index in [1.54, 1.807) is 6.20 Å². The Labute approximate surface area is 165 Å². The molecule has 0 bridgehead atoms. The number of likely N-dealkylation sites (N-methyl/N-ethyl adjacent to an activating group) is 1. The first-order valence-corrected chi connectivity index (χ1v) is 9.75. The van der Waals surface area contributed by atoms with E-state index in [1.807, 2.05) is 36.4 Å². The molecule has 1 saturated heterocycles. The van der Waals surface area contributed by atoms with Crippen LogP contribution in [0.5, 0.6) is 11.5 Å². The van der Waals surface area contributed by atoms with Crippen LogP contribution < -0.4 is 19.7 Å². The predicted octanol–water partition coefficient (Wildman–Crippen LogP) is 1.79. The zero-order chi connectivity index (χ0) is 19.3. The number of carbonyl (C=O) groups is 1. The number of nitrogens with zero attached hydrogens (tertiary/aromatic N) is 3.